The van der Waals surface area contributed by atoms with Crippen LogP contribution in [0.5, 0.6) is 0 Å². The van der Waals surface area contributed by atoms with E-state index in [1.54, 1.807) is 36.9 Å². The summed E-state index contributed by atoms with van der Waals surface area (Å²) in [6.07, 6.45) is 0. The first-order valence-corrected chi connectivity index (χ1v) is 6.11. The van der Waals surface area contributed by atoms with Crippen molar-refractivity contribution in [2.24, 2.45) is 12.9 Å². The molecule has 2 aromatic rings. The highest BCUT2D eigenvalue weighted by Crippen LogP contribution is 2.28. The molecule has 2 rings (SSSR count). The Morgan fingerprint density at radius 2 is 2.22 bits per heavy atom. The lowest BCUT2D eigenvalue weighted by molar-refractivity contribution is 0.527. The summed E-state index contributed by atoms with van der Waals surface area (Å²) in [6, 6.07) is 4.67. The number of hydrogen-bond donors (Lipinski definition) is 2. The topological polar surface area (TPSA) is 68.8 Å². The molecule has 0 saturated heterocycles. The summed E-state index contributed by atoms with van der Waals surface area (Å²) < 4.78 is 16.2. The van der Waals surface area contributed by atoms with Gasteiger partial charge in [-0.3, -0.25) is 5.84 Å². The van der Waals surface area contributed by atoms with Crippen molar-refractivity contribution in [1.82, 2.24) is 20.4 Å². The quantitative estimate of drug-likeness (QED) is 0.667. The number of hydrazine groups is 1. The molecule has 0 radical (unpaired) electrons. The monoisotopic (exact) mass is 313 g/mol. The summed E-state index contributed by atoms with van der Waals surface area (Å²) >= 11 is 3.29. The largest absolute Gasteiger partial charge is 0.271 e. The fourth-order valence-electron chi connectivity index (χ4n) is 1.85. The van der Waals surface area contributed by atoms with Gasteiger partial charge in [0, 0.05) is 12.6 Å². The Bertz CT molecular complexity index is 549. The number of nitrogens with one attached hydrogen (secondary N) is 1. The van der Waals surface area contributed by atoms with E-state index in [1.165, 1.54) is 0 Å². The smallest absolute Gasteiger partial charge is 0.153 e. The predicted molar refractivity (Wildman–Crippen MR) is 69.0 cm³/mol. The lowest BCUT2D eigenvalue weighted by atomic mass is 10.0. The summed E-state index contributed by atoms with van der Waals surface area (Å²) in [5, 5.41) is 7.74. The van der Waals surface area contributed by atoms with E-state index in [4.69, 9.17) is 5.84 Å². The highest BCUT2D eigenvalue weighted by Gasteiger charge is 2.24. The van der Waals surface area contributed by atoms with E-state index in [9.17, 15) is 4.39 Å². The molecule has 0 aliphatic carbocycles. The third-order valence-electron chi connectivity index (χ3n) is 2.80. The third-order valence-corrected chi connectivity index (χ3v) is 3.36. The number of aromatic nitrogens is 3. The molecule has 7 heteroatoms. The van der Waals surface area contributed by atoms with Gasteiger partial charge in [-0.2, -0.15) is 0 Å². The molecule has 0 amide bonds. The molecular formula is C11H13BrFN5. The van der Waals surface area contributed by atoms with Crippen LogP contribution in [0.25, 0.3) is 0 Å². The number of aryl methyl sites for hydroxylation is 2. The van der Waals surface area contributed by atoms with Crippen LogP contribution >= 0.6 is 15.9 Å². The normalized spacial score (nSPS) is 12.7. The van der Waals surface area contributed by atoms with E-state index in [-0.39, 0.29) is 5.82 Å². The number of nitrogens with zero attached hydrogens (tertiary/aromatic N) is 3. The minimum absolute atomic E-state index is 0.284. The fraction of sp³-hybridized carbons (Fsp3) is 0.273. The van der Waals surface area contributed by atoms with E-state index < -0.39 is 6.04 Å². The van der Waals surface area contributed by atoms with E-state index in [0.717, 1.165) is 0 Å². The maximum absolute atomic E-state index is 14.1. The van der Waals surface area contributed by atoms with Gasteiger partial charge in [0.1, 0.15) is 5.82 Å². The Morgan fingerprint density at radius 3 is 2.78 bits per heavy atom. The average Bonchev–Trinajstić information content (AvgIpc) is 2.67. The van der Waals surface area contributed by atoms with Crippen molar-refractivity contribution < 1.29 is 4.39 Å². The zero-order chi connectivity index (χ0) is 13.3. The van der Waals surface area contributed by atoms with E-state index in [0.29, 0.717) is 21.4 Å². The van der Waals surface area contributed by atoms with Crippen LogP contribution in [0, 0.1) is 12.7 Å². The maximum Gasteiger partial charge on any atom is 0.153 e. The predicted octanol–water partition coefficient (Wildman–Crippen LogP) is 1.58. The van der Waals surface area contributed by atoms with Gasteiger partial charge in [0.15, 0.2) is 4.60 Å². The Kier molecular flexibility index (Phi) is 3.74. The van der Waals surface area contributed by atoms with Gasteiger partial charge in [0.05, 0.1) is 11.7 Å². The van der Waals surface area contributed by atoms with Gasteiger partial charge in [0.25, 0.3) is 0 Å². The van der Waals surface area contributed by atoms with Crippen LogP contribution in [0.15, 0.2) is 22.8 Å². The van der Waals surface area contributed by atoms with Crippen molar-refractivity contribution in [3.63, 3.8) is 0 Å². The van der Waals surface area contributed by atoms with E-state index in [1.807, 2.05) is 0 Å². The number of halogens is 2. The van der Waals surface area contributed by atoms with Crippen LogP contribution in [-0.2, 0) is 7.05 Å². The fourth-order valence-corrected chi connectivity index (χ4v) is 2.41. The molecule has 5 nitrogen and oxygen atoms in total. The molecular weight excluding hydrogens is 301 g/mol. The van der Waals surface area contributed by atoms with Gasteiger partial charge in [-0.05, 0) is 28.4 Å². The van der Waals surface area contributed by atoms with Crippen LogP contribution in [0.1, 0.15) is 22.9 Å². The molecule has 1 aromatic heterocycles. The molecule has 0 saturated carbocycles. The molecule has 1 heterocycles. The third kappa shape index (κ3) is 2.16. The van der Waals surface area contributed by atoms with Crippen LogP contribution in [-0.4, -0.2) is 15.0 Å². The van der Waals surface area contributed by atoms with Crippen LogP contribution in [0.3, 0.4) is 0 Å². The van der Waals surface area contributed by atoms with Crippen molar-refractivity contribution >= 4 is 15.9 Å². The zero-order valence-corrected chi connectivity index (χ0v) is 11.6. The van der Waals surface area contributed by atoms with Gasteiger partial charge >= 0.3 is 0 Å². The Balaban J connectivity index is 2.56. The second-order valence-electron chi connectivity index (χ2n) is 3.97. The molecule has 1 atom stereocenters. The lowest BCUT2D eigenvalue weighted by Crippen LogP contribution is -2.31. The van der Waals surface area contributed by atoms with E-state index in [2.05, 4.69) is 31.7 Å². The Morgan fingerprint density at radius 1 is 1.50 bits per heavy atom. The molecule has 0 aliphatic rings. The highest BCUT2D eigenvalue weighted by molar-refractivity contribution is 9.10. The Labute approximate surface area is 112 Å². The van der Waals surface area contributed by atoms with Crippen molar-refractivity contribution in [2.75, 3.05) is 0 Å². The average molecular weight is 314 g/mol. The first-order valence-electron chi connectivity index (χ1n) is 5.32. The van der Waals surface area contributed by atoms with Gasteiger partial charge in [-0.1, -0.05) is 23.4 Å². The Hall–Kier alpha value is -1.31. The molecule has 0 bridgehead atoms. The van der Waals surface area contributed by atoms with Crippen molar-refractivity contribution in [3.05, 3.63) is 45.4 Å². The maximum atomic E-state index is 14.1. The summed E-state index contributed by atoms with van der Waals surface area (Å²) in [5.74, 6) is 5.26. The second kappa shape index (κ2) is 5.13. The molecule has 18 heavy (non-hydrogen) atoms. The molecule has 96 valence electrons. The second-order valence-corrected chi connectivity index (χ2v) is 4.72. The molecule has 1 unspecified atom stereocenters. The van der Waals surface area contributed by atoms with Crippen molar-refractivity contribution in [2.45, 2.75) is 13.0 Å². The van der Waals surface area contributed by atoms with Crippen LogP contribution in [0.2, 0.25) is 0 Å². The molecule has 1 aromatic carbocycles. The summed E-state index contributed by atoms with van der Waals surface area (Å²) in [6.45, 7) is 1.71. The highest BCUT2D eigenvalue weighted by atomic mass is 79.9. The van der Waals surface area contributed by atoms with Gasteiger partial charge < -0.3 is 0 Å². The van der Waals surface area contributed by atoms with Crippen molar-refractivity contribution in [3.8, 4) is 0 Å². The first kappa shape index (κ1) is 13.1. The SMILES string of the molecule is Cc1cccc(C(NN)c2c(Br)nnn2C)c1F. The molecule has 3 N–H and O–H groups in total. The lowest BCUT2D eigenvalue weighted by Gasteiger charge is -2.18. The van der Waals surface area contributed by atoms with Crippen LogP contribution in [0.4, 0.5) is 4.39 Å². The van der Waals surface area contributed by atoms with Gasteiger partial charge in [0.2, 0.25) is 0 Å². The minimum atomic E-state index is -0.515. The molecule has 0 spiro atoms. The van der Waals surface area contributed by atoms with Crippen LogP contribution < -0.4 is 11.3 Å². The summed E-state index contributed by atoms with van der Waals surface area (Å²) in [4.78, 5) is 0. The number of hydrogen-bond acceptors (Lipinski definition) is 4. The number of rotatable bonds is 3. The van der Waals surface area contributed by atoms with Gasteiger partial charge in [-0.15, -0.1) is 5.10 Å². The first-order chi connectivity index (χ1) is 8.56. The zero-order valence-electron chi connectivity index (χ0n) is 9.98. The minimum Gasteiger partial charge on any atom is -0.271 e. The summed E-state index contributed by atoms with van der Waals surface area (Å²) in [5.41, 5.74) is 4.30. The van der Waals surface area contributed by atoms with Crippen molar-refractivity contribution in [1.29, 1.82) is 0 Å². The molecule has 0 aliphatic heterocycles. The number of nitrogens with two attached hydrogens (primary N) is 1. The van der Waals surface area contributed by atoms with Gasteiger partial charge in [-0.25, -0.2) is 14.5 Å². The summed E-state index contributed by atoms with van der Waals surface area (Å²) in [7, 11) is 1.73. The molecule has 0 fully saturated rings. The number of benzene rings is 1. The van der Waals surface area contributed by atoms with E-state index >= 15 is 0 Å². The standard InChI is InChI=1S/C11H13BrFN5/c1-6-4-3-5-7(8(6)13)9(15-14)10-11(12)16-17-18(10)2/h3-5,9,15H,14H2,1-2H3.